The molecule has 0 aliphatic heterocycles. The molecule has 1 unspecified atom stereocenters. The highest BCUT2D eigenvalue weighted by Gasteiger charge is 2.13. The normalized spacial score (nSPS) is 12.7. The van der Waals surface area contributed by atoms with Gasteiger partial charge in [-0.05, 0) is 31.3 Å². The zero-order valence-corrected chi connectivity index (χ0v) is 11.9. The van der Waals surface area contributed by atoms with E-state index in [0.717, 1.165) is 5.56 Å². The molecule has 7 heteroatoms. The highest BCUT2D eigenvalue weighted by molar-refractivity contribution is 7.80. The van der Waals surface area contributed by atoms with Crippen LogP contribution in [0.25, 0.3) is 0 Å². The van der Waals surface area contributed by atoms with Gasteiger partial charge in [0, 0.05) is 12.1 Å². The number of ether oxygens (including phenoxy) is 1. The van der Waals surface area contributed by atoms with Gasteiger partial charge in [-0.2, -0.15) is 0 Å². The summed E-state index contributed by atoms with van der Waals surface area (Å²) in [6.45, 7) is -0.227. The molecule has 0 bridgehead atoms. The van der Waals surface area contributed by atoms with E-state index in [2.05, 4.69) is 0 Å². The van der Waals surface area contributed by atoms with Crippen LogP contribution in [0.2, 0.25) is 0 Å². The van der Waals surface area contributed by atoms with E-state index >= 15 is 0 Å². The average molecular weight is 304 g/mol. The molecular formula is C13H18F2N2O2S. The van der Waals surface area contributed by atoms with Crippen molar-refractivity contribution in [3.8, 4) is 5.75 Å². The zero-order valence-electron chi connectivity index (χ0n) is 11.1. The number of hydrogen-bond acceptors (Lipinski definition) is 4. The van der Waals surface area contributed by atoms with Gasteiger partial charge in [-0.15, -0.1) is 0 Å². The van der Waals surface area contributed by atoms with Gasteiger partial charge in [0.25, 0.3) is 6.43 Å². The van der Waals surface area contributed by atoms with Crippen molar-refractivity contribution in [2.24, 2.45) is 5.73 Å². The number of rotatable bonds is 8. The van der Waals surface area contributed by atoms with Crippen molar-refractivity contribution < 1.29 is 18.6 Å². The predicted molar refractivity (Wildman–Crippen MR) is 77.3 cm³/mol. The van der Waals surface area contributed by atoms with Crippen LogP contribution in [-0.2, 0) is 0 Å². The van der Waals surface area contributed by atoms with Gasteiger partial charge in [-0.1, -0.05) is 12.2 Å². The minimum absolute atomic E-state index is 0.0278. The van der Waals surface area contributed by atoms with E-state index in [0.29, 0.717) is 10.7 Å². The number of hydrogen-bond donors (Lipinski definition) is 2. The van der Waals surface area contributed by atoms with E-state index in [-0.39, 0.29) is 19.7 Å². The Morgan fingerprint density at radius 1 is 1.35 bits per heavy atom. The molecule has 0 saturated heterocycles. The summed E-state index contributed by atoms with van der Waals surface area (Å²) in [7, 11) is 1.52. The van der Waals surface area contributed by atoms with Crippen molar-refractivity contribution in [3.05, 3.63) is 29.8 Å². The molecule has 0 aliphatic carbocycles. The van der Waals surface area contributed by atoms with E-state index in [1.165, 1.54) is 11.9 Å². The molecular weight excluding hydrogens is 286 g/mol. The van der Waals surface area contributed by atoms with Crippen LogP contribution < -0.4 is 10.5 Å². The Labute approximate surface area is 122 Å². The fourth-order valence-corrected chi connectivity index (χ4v) is 1.77. The second-order valence-electron chi connectivity index (χ2n) is 4.47. The number of halogens is 2. The first-order valence-electron chi connectivity index (χ1n) is 6.06. The van der Waals surface area contributed by atoms with E-state index in [1.807, 2.05) is 0 Å². The van der Waals surface area contributed by atoms with Gasteiger partial charge < -0.3 is 15.6 Å². The molecule has 0 radical (unpaired) electrons. The van der Waals surface area contributed by atoms with Gasteiger partial charge in [-0.25, -0.2) is 8.78 Å². The van der Waals surface area contributed by atoms with Crippen molar-refractivity contribution in [3.63, 3.8) is 0 Å². The van der Waals surface area contributed by atoms with Gasteiger partial charge in [-0.3, -0.25) is 4.90 Å². The summed E-state index contributed by atoms with van der Waals surface area (Å²) in [6.07, 6.45) is -3.25. The number of aliphatic hydroxyl groups is 1. The fraction of sp³-hybridized carbons (Fsp3) is 0.462. The molecule has 1 aromatic rings. The maximum absolute atomic E-state index is 12.1. The Balaban J connectivity index is 2.37. The Morgan fingerprint density at radius 3 is 2.45 bits per heavy atom. The number of alkyl halides is 2. The maximum Gasteiger partial charge on any atom is 0.251 e. The van der Waals surface area contributed by atoms with E-state index in [4.69, 9.17) is 22.7 Å². The lowest BCUT2D eigenvalue weighted by Crippen LogP contribution is -2.35. The summed E-state index contributed by atoms with van der Waals surface area (Å²) < 4.78 is 29.6. The molecule has 4 nitrogen and oxygen atoms in total. The average Bonchev–Trinajstić information content (AvgIpc) is 2.35. The number of likely N-dealkylation sites (N-methyl/N-ethyl adjacent to an activating group) is 1. The molecule has 0 fully saturated rings. The van der Waals surface area contributed by atoms with Gasteiger partial charge in [0.1, 0.15) is 23.4 Å². The van der Waals surface area contributed by atoms with Crippen LogP contribution in [0.1, 0.15) is 5.56 Å². The van der Waals surface area contributed by atoms with Crippen LogP contribution in [-0.4, -0.2) is 54.3 Å². The lowest BCUT2D eigenvalue weighted by atomic mass is 10.2. The monoisotopic (exact) mass is 304 g/mol. The first-order valence-corrected chi connectivity index (χ1v) is 6.46. The summed E-state index contributed by atoms with van der Waals surface area (Å²) in [4.78, 5) is 1.65. The fourth-order valence-electron chi connectivity index (χ4n) is 1.63. The van der Waals surface area contributed by atoms with Crippen LogP contribution >= 0.6 is 12.2 Å². The van der Waals surface area contributed by atoms with Crippen molar-refractivity contribution in [2.75, 3.05) is 26.7 Å². The second-order valence-corrected chi connectivity index (χ2v) is 4.91. The molecule has 0 aromatic heterocycles. The third kappa shape index (κ3) is 6.23. The Kier molecular flexibility index (Phi) is 6.77. The summed E-state index contributed by atoms with van der Waals surface area (Å²) in [6, 6.07) is 6.80. The molecule has 0 spiro atoms. The van der Waals surface area contributed by atoms with E-state index < -0.39 is 12.5 Å². The molecule has 0 heterocycles. The summed E-state index contributed by atoms with van der Waals surface area (Å²) in [5.74, 6) is 0.556. The molecule has 1 atom stereocenters. The maximum atomic E-state index is 12.1. The lowest BCUT2D eigenvalue weighted by molar-refractivity contribution is 0.0473. The first-order chi connectivity index (χ1) is 9.38. The van der Waals surface area contributed by atoms with Crippen molar-refractivity contribution in [1.29, 1.82) is 0 Å². The molecule has 20 heavy (non-hydrogen) atoms. The zero-order chi connectivity index (χ0) is 15.1. The molecule has 0 aliphatic rings. The number of benzene rings is 1. The number of nitrogens with two attached hydrogens (primary N) is 1. The van der Waals surface area contributed by atoms with Crippen LogP contribution in [0.3, 0.4) is 0 Å². The molecule has 3 N–H and O–H groups in total. The highest BCUT2D eigenvalue weighted by Crippen LogP contribution is 2.12. The van der Waals surface area contributed by atoms with Crippen molar-refractivity contribution in [2.45, 2.75) is 12.5 Å². The SMILES string of the molecule is CN(CC(F)F)CC(O)COc1ccc(C(N)=S)cc1. The molecule has 0 amide bonds. The predicted octanol–water partition coefficient (Wildman–Crippen LogP) is 1.26. The van der Waals surface area contributed by atoms with Gasteiger partial charge in [0.15, 0.2) is 0 Å². The Morgan fingerprint density at radius 2 is 1.95 bits per heavy atom. The van der Waals surface area contributed by atoms with E-state index in [1.54, 1.807) is 24.3 Å². The van der Waals surface area contributed by atoms with Crippen molar-refractivity contribution >= 4 is 17.2 Å². The third-order valence-corrected chi connectivity index (χ3v) is 2.79. The van der Waals surface area contributed by atoms with Crippen LogP contribution in [0.5, 0.6) is 5.75 Å². The molecule has 112 valence electrons. The number of aliphatic hydroxyl groups excluding tert-OH is 1. The lowest BCUT2D eigenvalue weighted by Gasteiger charge is -2.20. The first kappa shape index (κ1) is 16.7. The summed E-state index contributed by atoms with van der Waals surface area (Å²) in [5, 5.41) is 9.68. The molecule has 1 rings (SSSR count). The van der Waals surface area contributed by atoms with Crippen LogP contribution in [0, 0.1) is 0 Å². The minimum atomic E-state index is -2.42. The van der Waals surface area contributed by atoms with Gasteiger partial charge in [0.2, 0.25) is 0 Å². The minimum Gasteiger partial charge on any atom is -0.491 e. The Bertz CT molecular complexity index is 429. The second kappa shape index (κ2) is 8.08. The van der Waals surface area contributed by atoms with Gasteiger partial charge in [0.05, 0.1) is 6.54 Å². The third-order valence-electron chi connectivity index (χ3n) is 2.55. The number of nitrogens with zero attached hydrogens (tertiary/aromatic N) is 1. The van der Waals surface area contributed by atoms with Gasteiger partial charge >= 0.3 is 0 Å². The summed E-state index contributed by atoms with van der Waals surface area (Å²) in [5.41, 5.74) is 6.19. The van der Waals surface area contributed by atoms with Crippen molar-refractivity contribution in [1.82, 2.24) is 4.90 Å². The number of thiocarbonyl (C=S) groups is 1. The summed E-state index contributed by atoms with van der Waals surface area (Å²) >= 11 is 4.82. The Hall–Kier alpha value is -1.31. The molecule has 1 aromatic carbocycles. The highest BCUT2D eigenvalue weighted by atomic mass is 32.1. The molecule has 0 saturated carbocycles. The smallest absolute Gasteiger partial charge is 0.251 e. The van der Waals surface area contributed by atoms with Crippen LogP contribution in [0.15, 0.2) is 24.3 Å². The van der Waals surface area contributed by atoms with Crippen LogP contribution in [0.4, 0.5) is 8.78 Å². The van der Waals surface area contributed by atoms with E-state index in [9.17, 15) is 13.9 Å². The standard InChI is InChI=1S/C13H18F2N2O2S/c1-17(7-12(14)15)6-10(18)8-19-11-4-2-9(3-5-11)13(16)20/h2-5,10,12,18H,6-8H2,1H3,(H2,16,20). The topological polar surface area (TPSA) is 58.7 Å². The quantitative estimate of drug-likeness (QED) is 0.708. The largest absolute Gasteiger partial charge is 0.491 e.